The van der Waals surface area contributed by atoms with Crippen LogP contribution >= 0.6 is 0 Å². The highest BCUT2D eigenvalue weighted by Crippen LogP contribution is 2.43. The largest absolute Gasteiger partial charge is 0.379 e. The monoisotopic (exact) mass is 552 g/mol. The normalized spacial score (nSPS) is 25.5. The zero-order chi connectivity index (χ0) is 26.9. The Hall–Kier alpha value is -3.12. The molecule has 7 rings (SSSR count). The van der Waals surface area contributed by atoms with Crippen molar-refractivity contribution in [2.75, 3.05) is 32.9 Å². The van der Waals surface area contributed by atoms with Gasteiger partial charge in [-0.3, -0.25) is 9.69 Å². The maximum absolute atomic E-state index is 14.9. The minimum atomic E-state index is -4.01. The summed E-state index contributed by atoms with van der Waals surface area (Å²) in [6.45, 7) is 6.06. The van der Waals surface area contributed by atoms with Gasteiger partial charge in [-0.15, -0.1) is 0 Å². The summed E-state index contributed by atoms with van der Waals surface area (Å²) in [6, 6.07) is 12.4. The molecule has 11 heteroatoms. The Kier molecular flexibility index (Phi) is 5.89. The van der Waals surface area contributed by atoms with E-state index >= 15 is 0 Å². The van der Waals surface area contributed by atoms with E-state index in [1.807, 2.05) is 24.3 Å². The average Bonchev–Trinajstić information content (AvgIpc) is 3.63. The molecule has 3 unspecified atom stereocenters. The Morgan fingerprint density at radius 1 is 1.13 bits per heavy atom. The number of sulfone groups is 1. The van der Waals surface area contributed by atoms with Crippen LogP contribution in [0.3, 0.4) is 0 Å². The zero-order valence-electron chi connectivity index (χ0n) is 21.5. The molecule has 3 aliphatic heterocycles. The lowest BCUT2D eigenvalue weighted by Crippen LogP contribution is -2.42. The highest BCUT2D eigenvalue weighted by atomic mass is 32.2. The van der Waals surface area contributed by atoms with Crippen molar-refractivity contribution in [3.63, 3.8) is 0 Å². The third-order valence-electron chi connectivity index (χ3n) is 8.15. The lowest BCUT2D eigenvalue weighted by atomic mass is 10.0. The SMILES string of the molecule is CC1COCCN1Cc1ccc(-n2nc(C(=O)N3CCOC4CC43)c3c2-c2cccc(F)c2S(=O)(=O)C3)cc1. The molecule has 3 fully saturated rings. The molecule has 1 aromatic heterocycles. The predicted octanol–water partition coefficient (Wildman–Crippen LogP) is 2.80. The number of rotatable bonds is 4. The summed E-state index contributed by atoms with van der Waals surface area (Å²) in [7, 11) is -4.01. The first-order valence-electron chi connectivity index (χ1n) is 13.3. The Balaban J connectivity index is 1.32. The first kappa shape index (κ1) is 24.9. The number of aromatic nitrogens is 2. The number of amides is 1. The van der Waals surface area contributed by atoms with Crippen molar-refractivity contribution in [3.05, 3.63) is 65.1 Å². The molecule has 39 heavy (non-hydrogen) atoms. The molecule has 9 nitrogen and oxygen atoms in total. The van der Waals surface area contributed by atoms with Crippen LogP contribution in [0.15, 0.2) is 47.4 Å². The van der Waals surface area contributed by atoms with Crippen molar-refractivity contribution in [2.45, 2.75) is 48.7 Å². The molecule has 204 valence electrons. The van der Waals surface area contributed by atoms with E-state index in [2.05, 4.69) is 11.8 Å². The molecule has 1 aliphatic carbocycles. The minimum absolute atomic E-state index is 0.0150. The number of carbonyl (C=O) groups is 1. The molecule has 2 aromatic carbocycles. The number of nitrogens with zero attached hydrogens (tertiary/aromatic N) is 4. The molecular weight excluding hydrogens is 523 g/mol. The summed E-state index contributed by atoms with van der Waals surface area (Å²) >= 11 is 0. The summed E-state index contributed by atoms with van der Waals surface area (Å²) in [5.41, 5.74) is 2.87. The highest BCUT2D eigenvalue weighted by molar-refractivity contribution is 7.91. The van der Waals surface area contributed by atoms with Crippen molar-refractivity contribution in [3.8, 4) is 16.9 Å². The fraction of sp³-hybridized carbons (Fsp3) is 0.429. The van der Waals surface area contributed by atoms with E-state index in [0.717, 1.165) is 31.1 Å². The number of hydrogen-bond donors (Lipinski definition) is 0. The van der Waals surface area contributed by atoms with Gasteiger partial charge in [0.1, 0.15) is 10.7 Å². The average molecular weight is 553 g/mol. The van der Waals surface area contributed by atoms with E-state index in [-0.39, 0.29) is 34.2 Å². The Morgan fingerprint density at radius 2 is 1.95 bits per heavy atom. The van der Waals surface area contributed by atoms with Crippen molar-refractivity contribution in [2.24, 2.45) is 0 Å². The van der Waals surface area contributed by atoms with E-state index in [4.69, 9.17) is 14.6 Å². The molecule has 4 aliphatic rings. The third kappa shape index (κ3) is 4.19. The van der Waals surface area contributed by atoms with Gasteiger partial charge in [-0.05, 0) is 37.1 Å². The van der Waals surface area contributed by atoms with Crippen molar-refractivity contribution >= 4 is 15.7 Å². The van der Waals surface area contributed by atoms with Gasteiger partial charge in [0.25, 0.3) is 5.91 Å². The number of halogens is 1. The number of ether oxygens (including phenoxy) is 2. The van der Waals surface area contributed by atoms with Gasteiger partial charge in [0, 0.05) is 36.8 Å². The minimum Gasteiger partial charge on any atom is -0.379 e. The third-order valence-corrected chi connectivity index (χ3v) is 9.86. The fourth-order valence-corrected chi connectivity index (χ4v) is 7.66. The second-order valence-electron chi connectivity index (χ2n) is 10.7. The number of hydrogen-bond acceptors (Lipinski definition) is 7. The van der Waals surface area contributed by atoms with Gasteiger partial charge < -0.3 is 14.4 Å². The summed E-state index contributed by atoms with van der Waals surface area (Å²) in [4.78, 5) is 17.5. The summed E-state index contributed by atoms with van der Waals surface area (Å²) in [5, 5.41) is 4.71. The zero-order valence-corrected chi connectivity index (χ0v) is 22.4. The number of morpholine rings is 2. The van der Waals surface area contributed by atoms with E-state index in [1.54, 1.807) is 15.6 Å². The molecule has 0 bridgehead atoms. The van der Waals surface area contributed by atoms with Crippen molar-refractivity contribution in [1.82, 2.24) is 19.6 Å². The molecule has 0 N–H and O–H groups in total. The van der Waals surface area contributed by atoms with Crippen LogP contribution < -0.4 is 0 Å². The molecular formula is C28H29FN4O5S. The standard InChI is InChI=1S/C28H29FN4O5S/c1-17-15-37-11-9-31(17)14-18-5-7-19(8-6-18)33-26-20-3-2-4-22(29)27(20)39(35,36)16-21(26)25(30-33)28(34)32-10-12-38-24-13-23(24)32/h2-8,17,23-24H,9-16H2,1H3. The van der Waals surface area contributed by atoms with E-state index in [9.17, 15) is 17.6 Å². The van der Waals surface area contributed by atoms with Crippen LogP contribution in [-0.2, 0) is 31.6 Å². The van der Waals surface area contributed by atoms with E-state index in [1.165, 1.54) is 6.07 Å². The van der Waals surface area contributed by atoms with Gasteiger partial charge in [-0.1, -0.05) is 24.3 Å². The molecule has 3 aromatic rings. The van der Waals surface area contributed by atoms with Gasteiger partial charge in [0.2, 0.25) is 0 Å². The Labute approximate surface area is 226 Å². The molecule has 0 radical (unpaired) electrons. The van der Waals surface area contributed by atoms with Crippen molar-refractivity contribution in [1.29, 1.82) is 0 Å². The van der Waals surface area contributed by atoms with Gasteiger partial charge in [-0.25, -0.2) is 17.5 Å². The van der Waals surface area contributed by atoms with Crippen LogP contribution in [0.1, 0.15) is 35.0 Å². The number of benzene rings is 2. The number of fused-ring (bicyclic) bond motifs is 4. The van der Waals surface area contributed by atoms with Crippen LogP contribution in [0, 0.1) is 5.82 Å². The van der Waals surface area contributed by atoms with E-state index < -0.39 is 21.4 Å². The summed E-state index contributed by atoms with van der Waals surface area (Å²) < 4.78 is 54.2. The maximum atomic E-state index is 14.9. The topological polar surface area (TPSA) is 94.0 Å². The lowest BCUT2D eigenvalue weighted by Gasteiger charge is -2.33. The van der Waals surface area contributed by atoms with Gasteiger partial charge >= 0.3 is 0 Å². The molecule has 3 atom stereocenters. The quantitative estimate of drug-likeness (QED) is 0.491. The summed E-state index contributed by atoms with van der Waals surface area (Å²) in [5.74, 6) is -1.60. The first-order valence-corrected chi connectivity index (χ1v) is 14.9. The first-order chi connectivity index (χ1) is 18.8. The van der Waals surface area contributed by atoms with Crippen LogP contribution in [0.2, 0.25) is 0 Å². The van der Waals surface area contributed by atoms with Gasteiger partial charge in [0.05, 0.1) is 49.1 Å². The second-order valence-corrected chi connectivity index (χ2v) is 12.7. The molecule has 4 heterocycles. The smallest absolute Gasteiger partial charge is 0.275 e. The van der Waals surface area contributed by atoms with E-state index in [0.29, 0.717) is 49.4 Å². The number of carbonyl (C=O) groups excluding carboxylic acids is 1. The molecule has 0 spiro atoms. The van der Waals surface area contributed by atoms with Crippen LogP contribution in [0.5, 0.6) is 0 Å². The van der Waals surface area contributed by atoms with Crippen LogP contribution in [0.25, 0.3) is 16.9 Å². The molecule has 1 saturated carbocycles. The van der Waals surface area contributed by atoms with Gasteiger partial charge in [-0.2, -0.15) is 5.10 Å². The summed E-state index contributed by atoms with van der Waals surface area (Å²) in [6.07, 6.45) is 0.797. The molecule has 2 saturated heterocycles. The van der Waals surface area contributed by atoms with Crippen LogP contribution in [-0.4, -0.2) is 85.0 Å². The fourth-order valence-electron chi connectivity index (χ4n) is 5.99. The van der Waals surface area contributed by atoms with Gasteiger partial charge in [0.15, 0.2) is 15.5 Å². The van der Waals surface area contributed by atoms with Crippen LogP contribution in [0.4, 0.5) is 4.39 Å². The predicted molar refractivity (Wildman–Crippen MR) is 140 cm³/mol. The second kappa shape index (κ2) is 9.22. The maximum Gasteiger partial charge on any atom is 0.275 e. The van der Waals surface area contributed by atoms with Crippen molar-refractivity contribution < 1.29 is 27.1 Å². The lowest BCUT2D eigenvalue weighted by molar-refractivity contribution is -0.00436. The Bertz CT molecular complexity index is 1570. The molecule has 1 amide bonds. The Morgan fingerprint density at radius 3 is 2.74 bits per heavy atom. The highest BCUT2D eigenvalue weighted by Gasteiger charge is 2.49.